The smallest absolute Gasteiger partial charge is 0.271 e. The number of H-pyrrole nitrogens is 1. The van der Waals surface area contributed by atoms with E-state index in [-0.39, 0.29) is 29.9 Å². The van der Waals surface area contributed by atoms with Crippen molar-refractivity contribution in [2.45, 2.75) is 38.7 Å². The van der Waals surface area contributed by atoms with Crippen LogP contribution in [0.5, 0.6) is 0 Å². The zero-order chi connectivity index (χ0) is 14.5. The topological polar surface area (TPSA) is 71.2 Å². The fraction of sp³-hybridized carbons (Fsp3) is 0.571. The van der Waals surface area contributed by atoms with Gasteiger partial charge in [-0.05, 0) is 40.8 Å². The van der Waals surface area contributed by atoms with Gasteiger partial charge in [0.05, 0.1) is 6.10 Å². The number of carbonyl (C=O) groups excluding carboxylic acids is 1. The summed E-state index contributed by atoms with van der Waals surface area (Å²) in [4.78, 5) is 25.8. The molecule has 20 heavy (non-hydrogen) atoms. The van der Waals surface area contributed by atoms with Crippen LogP contribution in [0.4, 0.5) is 5.69 Å². The molecule has 1 aliphatic carbocycles. The van der Waals surface area contributed by atoms with Gasteiger partial charge in [-0.1, -0.05) is 19.8 Å². The Labute approximate surface area is 126 Å². The van der Waals surface area contributed by atoms with E-state index in [0.29, 0.717) is 10.4 Å². The summed E-state index contributed by atoms with van der Waals surface area (Å²) in [7, 11) is 0. The van der Waals surface area contributed by atoms with Crippen molar-refractivity contribution < 1.29 is 9.53 Å². The summed E-state index contributed by atoms with van der Waals surface area (Å²) in [6, 6.07) is 1.57. The molecule has 0 radical (unpaired) electrons. The lowest BCUT2D eigenvalue weighted by Crippen LogP contribution is -2.28. The van der Waals surface area contributed by atoms with Gasteiger partial charge in [0, 0.05) is 10.7 Å². The molecule has 1 aromatic heterocycles. The third kappa shape index (κ3) is 4.45. The van der Waals surface area contributed by atoms with Crippen LogP contribution in [0.3, 0.4) is 0 Å². The van der Waals surface area contributed by atoms with E-state index in [0.717, 1.165) is 19.3 Å². The third-order valence-corrected chi connectivity index (χ3v) is 3.94. The minimum absolute atomic E-state index is 0.0106. The quantitative estimate of drug-likeness (QED) is 0.883. The molecular formula is C14H19BrN2O3. The third-order valence-electron chi connectivity index (χ3n) is 3.48. The first-order valence-electron chi connectivity index (χ1n) is 6.84. The van der Waals surface area contributed by atoms with Crippen molar-refractivity contribution in [3.8, 4) is 0 Å². The summed E-state index contributed by atoms with van der Waals surface area (Å²) < 4.78 is 6.32. The highest BCUT2D eigenvalue weighted by molar-refractivity contribution is 9.10. The number of nitrogens with one attached hydrogen (secondary N) is 2. The molecule has 1 heterocycles. The van der Waals surface area contributed by atoms with E-state index >= 15 is 0 Å². The Bertz CT molecular complexity index is 529. The predicted octanol–water partition coefficient (Wildman–Crippen LogP) is 2.67. The zero-order valence-corrected chi connectivity index (χ0v) is 13.0. The number of amides is 1. The minimum Gasteiger partial charge on any atom is -0.368 e. The number of carbonyl (C=O) groups is 1. The maximum Gasteiger partial charge on any atom is 0.271 e. The van der Waals surface area contributed by atoms with Crippen LogP contribution in [0.15, 0.2) is 21.5 Å². The number of hydrogen-bond acceptors (Lipinski definition) is 3. The van der Waals surface area contributed by atoms with Crippen molar-refractivity contribution in [1.82, 2.24) is 4.98 Å². The highest BCUT2D eigenvalue weighted by atomic mass is 79.9. The van der Waals surface area contributed by atoms with Crippen molar-refractivity contribution in [1.29, 1.82) is 0 Å². The summed E-state index contributed by atoms with van der Waals surface area (Å²) >= 11 is 3.24. The average molecular weight is 343 g/mol. The second-order valence-corrected chi connectivity index (χ2v) is 6.23. The summed E-state index contributed by atoms with van der Waals surface area (Å²) in [5.74, 6) is 0.358. The molecule has 5 nitrogen and oxygen atoms in total. The second kappa shape index (κ2) is 7.04. The van der Waals surface area contributed by atoms with Gasteiger partial charge in [-0.3, -0.25) is 9.59 Å². The first-order chi connectivity index (χ1) is 9.54. The number of aromatic amines is 1. The van der Waals surface area contributed by atoms with E-state index < -0.39 is 0 Å². The highest BCUT2D eigenvalue weighted by Crippen LogP contribution is 2.25. The van der Waals surface area contributed by atoms with Gasteiger partial charge in [-0.2, -0.15) is 0 Å². The number of hydrogen-bond donors (Lipinski definition) is 2. The molecule has 2 atom stereocenters. The summed E-state index contributed by atoms with van der Waals surface area (Å²) in [5, 5.41) is 2.56. The van der Waals surface area contributed by atoms with E-state index in [1.165, 1.54) is 12.6 Å². The number of halogens is 1. The maximum absolute atomic E-state index is 11.8. The van der Waals surface area contributed by atoms with Gasteiger partial charge in [0.15, 0.2) is 0 Å². The molecule has 6 heteroatoms. The Morgan fingerprint density at radius 3 is 3.10 bits per heavy atom. The van der Waals surface area contributed by atoms with Crippen LogP contribution in [-0.4, -0.2) is 23.6 Å². The molecule has 0 aliphatic heterocycles. The van der Waals surface area contributed by atoms with Crippen LogP contribution >= 0.6 is 15.9 Å². The molecule has 110 valence electrons. The second-order valence-electron chi connectivity index (χ2n) is 5.31. The molecule has 1 aromatic rings. The van der Waals surface area contributed by atoms with Crippen LogP contribution in [0.2, 0.25) is 0 Å². The zero-order valence-electron chi connectivity index (χ0n) is 11.4. The van der Waals surface area contributed by atoms with Crippen LogP contribution in [0, 0.1) is 5.92 Å². The Morgan fingerprint density at radius 1 is 1.55 bits per heavy atom. The summed E-state index contributed by atoms with van der Waals surface area (Å²) in [5.41, 5.74) is -0.0992. The Morgan fingerprint density at radius 2 is 2.35 bits per heavy atom. The van der Waals surface area contributed by atoms with Crippen LogP contribution < -0.4 is 10.9 Å². The van der Waals surface area contributed by atoms with Crippen molar-refractivity contribution in [2.75, 3.05) is 11.9 Å². The molecule has 0 aromatic carbocycles. The fourth-order valence-electron chi connectivity index (χ4n) is 2.46. The average Bonchev–Trinajstić information content (AvgIpc) is 2.41. The van der Waals surface area contributed by atoms with Crippen molar-refractivity contribution >= 4 is 27.5 Å². The van der Waals surface area contributed by atoms with E-state index in [1.54, 1.807) is 6.07 Å². The molecule has 0 saturated heterocycles. The molecule has 0 unspecified atom stereocenters. The van der Waals surface area contributed by atoms with Crippen molar-refractivity contribution in [3.05, 3.63) is 27.1 Å². The van der Waals surface area contributed by atoms with Gasteiger partial charge < -0.3 is 15.0 Å². The normalized spacial score (nSPS) is 22.5. The Kier molecular flexibility index (Phi) is 5.37. The highest BCUT2D eigenvalue weighted by Gasteiger charge is 2.20. The van der Waals surface area contributed by atoms with Gasteiger partial charge in [0.25, 0.3) is 11.5 Å². The van der Waals surface area contributed by atoms with E-state index in [4.69, 9.17) is 4.74 Å². The van der Waals surface area contributed by atoms with Gasteiger partial charge in [-0.25, -0.2) is 0 Å². The van der Waals surface area contributed by atoms with Gasteiger partial charge in [0.1, 0.15) is 12.3 Å². The van der Waals surface area contributed by atoms with E-state index in [9.17, 15) is 9.59 Å². The molecule has 0 spiro atoms. The molecule has 1 aliphatic rings. The largest absolute Gasteiger partial charge is 0.368 e. The summed E-state index contributed by atoms with van der Waals surface area (Å²) in [6.45, 7) is 2.19. The molecule has 1 saturated carbocycles. The van der Waals surface area contributed by atoms with Gasteiger partial charge >= 0.3 is 0 Å². The lowest BCUT2D eigenvalue weighted by Gasteiger charge is -2.26. The number of aromatic nitrogens is 1. The van der Waals surface area contributed by atoms with Crippen molar-refractivity contribution in [3.63, 3.8) is 0 Å². The first-order valence-corrected chi connectivity index (χ1v) is 7.63. The molecule has 0 bridgehead atoms. The van der Waals surface area contributed by atoms with Crippen molar-refractivity contribution in [2.24, 2.45) is 5.92 Å². The van der Waals surface area contributed by atoms with Crippen LogP contribution in [-0.2, 0) is 9.53 Å². The molecular weight excluding hydrogens is 324 g/mol. The van der Waals surface area contributed by atoms with E-state index in [1.807, 2.05) is 0 Å². The van der Waals surface area contributed by atoms with Gasteiger partial charge in [0.2, 0.25) is 0 Å². The number of ether oxygens (including phenoxy) is 1. The number of anilines is 1. The lowest BCUT2D eigenvalue weighted by molar-refractivity contribution is -0.123. The predicted molar refractivity (Wildman–Crippen MR) is 80.8 cm³/mol. The van der Waals surface area contributed by atoms with E-state index in [2.05, 4.69) is 33.2 Å². The van der Waals surface area contributed by atoms with Crippen LogP contribution in [0.1, 0.15) is 32.6 Å². The number of pyridine rings is 1. The minimum atomic E-state index is -0.326. The maximum atomic E-state index is 11.8. The van der Waals surface area contributed by atoms with Crippen LogP contribution in [0.25, 0.3) is 0 Å². The Hall–Kier alpha value is -1.14. The molecule has 1 amide bonds. The Balaban J connectivity index is 1.83. The molecule has 2 rings (SSSR count). The van der Waals surface area contributed by atoms with Gasteiger partial charge in [-0.15, -0.1) is 0 Å². The standard InChI is InChI=1S/C14H19BrN2O3/c1-9-3-2-4-11(5-9)20-8-13(18)17-12-6-10(15)7-16-14(12)19/h6-7,9,11H,2-5,8H2,1H3,(H,16,19)(H,17,18)/t9-,11+/m1/s1. The summed E-state index contributed by atoms with van der Waals surface area (Å²) in [6.07, 6.45) is 6.08. The lowest BCUT2D eigenvalue weighted by atomic mass is 9.89. The SMILES string of the molecule is C[C@@H]1CCC[C@H](OCC(=O)Nc2cc(Br)c[nH]c2=O)C1. The molecule has 2 N–H and O–H groups in total. The molecule has 1 fully saturated rings. The number of rotatable bonds is 4. The monoisotopic (exact) mass is 342 g/mol. The fourth-order valence-corrected chi connectivity index (χ4v) is 2.80. The first kappa shape index (κ1) is 15.3.